The molecule has 0 aliphatic rings. The lowest BCUT2D eigenvalue weighted by atomic mass is 9.98. The van der Waals surface area contributed by atoms with Gasteiger partial charge in [0.05, 0.1) is 5.69 Å². The smallest absolute Gasteiger partial charge is 0.200 e. The van der Waals surface area contributed by atoms with E-state index in [-0.39, 0.29) is 12.4 Å². The van der Waals surface area contributed by atoms with Crippen LogP contribution in [0.2, 0.25) is 0 Å². The van der Waals surface area contributed by atoms with Crippen molar-refractivity contribution >= 4 is 11.5 Å². The minimum Gasteiger partial charge on any atom is -0.483 e. The van der Waals surface area contributed by atoms with Crippen LogP contribution in [-0.2, 0) is 12.8 Å². The zero-order chi connectivity index (χ0) is 16.1. The highest BCUT2D eigenvalue weighted by Crippen LogP contribution is 2.23. The third-order valence-corrected chi connectivity index (χ3v) is 3.79. The molecule has 0 aromatic heterocycles. The van der Waals surface area contributed by atoms with Gasteiger partial charge in [-0.05, 0) is 54.7 Å². The molecule has 0 amide bonds. The summed E-state index contributed by atoms with van der Waals surface area (Å²) in [6, 6.07) is 11.7. The molecule has 0 saturated carbocycles. The zero-order valence-corrected chi connectivity index (χ0v) is 13.5. The van der Waals surface area contributed by atoms with E-state index < -0.39 is 0 Å². The van der Waals surface area contributed by atoms with E-state index in [0.29, 0.717) is 11.4 Å². The quantitative estimate of drug-likeness (QED) is 0.648. The fourth-order valence-electron chi connectivity index (χ4n) is 2.43. The van der Waals surface area contributed by atoms with Gasteiger partial charge in [0.1, 0.15) is 5.75 Å². The molecular weight excluding hydrogens is 274 g/mol. The summed E-state index contributed by atoms with van der Waals surface area (Å²) >= 11 is 0. The molecule has 2 N–H and O–H groups in total. The van der Waals surface area contributed by atoms with E-state index in [1.54, 1.807) is 6.07 Å². The molecule has 2 aromatic rings. The Morgan fingerprint density at radius 1 is 1.09 bits per heavy atom. The van der Waals surface area contributed by atoms with Gasteiger partial charge < -0.3 is 10.5 Å². The van der Waals surface area contributed by atoms with Gasteiger partial charge in [0, 0.05) is 5.56 Å². The highest BCUT2D eigenvalue weighted by Gasteiger charge is 2.13. The minimum absolute atomic E-state index is 0.00729. The maximum atomic E-state index is 12.5. The molecule has 2 rings (SSSR count). The van der Waals surface area contributed by atoms with E-state index >= 15 is 0 Å². The summed E-state index contributed by atoms with van der Waals surface area (Å²) in [4.78, 5) is 12.5. The molecule has 0 aliphatic heterocycles. The van der Waals surface area contributed by atoms with Gasteiger partial charge in [-0.2, -0.15) is 0 Å². The Hall–Kier alpha value is -2.29. The third-order valence-electron chi connectivity index (χ3n) is 3.79. The van der Waals surface area contributed by atoms with E-state index in [4.69, 9.17) is 10.5 Å². The van der Waals surface area contributed by atoms with E-state index in [9.17, 15) is 4.79 Å². The number of carbonyl (C=O) groups is 1. The van der Waals surface area contributed by atoms with Crippen LogP contribution >= 0.6 is 0 Å². The van der Waals surface area contributed by atoms with Gasteiger partial charge in [-0.3, -0.25) is 4.79 Å². The molecular formula is C19H23NO2. The van der Waals surface area contributed by atoms with Gasteiger partial charge >= 0.3 is 0 Å². The van der Waals surface area contributed by atoms with Crippen molar-refractivity contribution in [1.82, 2.24) is 0 Å². The van der Waals surface area contributed by atoms with Crippen LogP contribution in [0.5, 0.6) is 5.75 Å². The van der Waals surface area contributed by atoms with Crippen LogP contribution in [0, 0.1) is 6.92 Å². The number of hydrogen-bond donors (Lipinski definition) is 1. The summed E-state index contributed by atoms with van der Waals surface area (Å²) in [5.74, 6) is 0.552. The van der Waals surface area contributed by atoms with E-state index in [0.717, 1.165) is 35.1 Å². The van der Waals surface area contributed by atoms with Crippen molar-refractivity contribution < 1.29 is 9.53 Å². The fraction of sp³-hybridized carbons (Fsp3) is 0.316. The van der Waals surface area contributed by atoms with Crippen LogP contribution < -0.4 is 10.5 Å². The summed E-state index contributed by atoms with van der Waals surface area (Å²) in [6.07, 6.45) is 1.74. The summed E-state index contributed by atoms with van der Waals surface area (Å²) in [7, 11) is 0. The Labute approximate surface area is 132 Å². The summed E-state index contributed by atoms with van der Waals surface area (Å²) < 4.78 is 5.61. The minimum atomic E-state index is -0.00729. The number of Topliss-reactive ketones (excluding diaryl/α,β-unsaturated/α-hetero) is 1. The maximum absolute atomic E-state index is 12.5. The molecule has 0 aliphatic carbocycles. The van der Waals surface area contributed by atoms with Gasteiger partial charge in [-0.1, -0.05) is 32.0 Å². The first-order valence-corrected chi connectivity index (χ1v) is 7.69. The number of rotatable bonds is 6. The van der Waals surface area contributed by atoms with Gasteiger partial charge in [-0.15, -0.1) is 0 Å². The Morgan fingerprint density at radius 3 is 2.50 bits per heavy atom. The number of nitrogens with two attached hydrogens (primary N) is 1. The lowest BCUT2D eigenvalue weighted by molar-refractivity contribution is 0.0921. The fourth-order valence-corrected chi connectivity index (χ4v) is 2.43. The molecule has 0 saturated heterocycles. The monoisotopic (exact) mass is 297 g/mol. The average Bonchev–Trinajstić information content (AvgIpc) is 2.53. The molecule has 0 fully saturated rings. The summed E-state index contributed by atoms with van der Waals surface area (Å²) in [5.41, 5.74) is 10.5. The van der Waals surface area contributed by atoms with Crippen molar-refractivity contribution in [1.29, 1.82) is 0 Å². The third kappa shape index (κ3) is 3.67. The second-order valence-electron chi connectivity index (χ2n) is 5.45. The van der Waals surface area contributed by atoms with Gasteiger partial charge in [-0.25, -0.2) is 0 Å². The van der Waals surface area contributed by atoms with Crippen molar-refractivity contribution in [3.63, 3.8) is 0 Å². The standard InChI is InChI=1S/C19H23NO2/c1-4-14-7-8-15(5-2)16(11-14)18(21)12-22-19-9-6-13(3)10-17(19)20/h6-11H,4-5,12,20H2,1-3H3. The molecule has 22 heavy (non-hydrogen) atoms. The van der Waals surface area contributed by atoms with Crippen LogP contribution in [0.15, 0.2) is 36.4 Å². The number of nitrogen functional groups attached to an aromatic ring is 1. The molecule has 0 bridgehead atoms. The number of anilines is 1. The number of aryl methyl sites for hydroxylation is 3. The molecule has 116 valence electrons. The maximum Gasteiger partial charge on any atom is 0.200 e. The molecule has 2 aromatic carbocycles. The molecule has 0 heterocycles. The first-order chi connectivity index (χ1) is 10.5. The van der Waals surface area contributed by atoms with E-state index in [1.165, 1.54) is 0 Å². The molecule has 0 spiro atoms. The highest BCUT2D eigenvalue weighted by atomic mass is 16.5. The highest BCUT2D eigenvalue weighted by molar-refractivity contribution is 5.98. The first kappa shape index (κ1) is 16.1. The van der Waals surface area contributed by atoms with Crippen LogP contribution in [0.25, 0.3) is 0 Å². The van der Waals surface area contributed by atoms with Crippen molar-refractivity contribution in [3.8, 4) is 5.75 Å². The summed E-state index contributed by atoms with van der Waals surface area (Å²) in [5, 5.41) is 0. The predicted molar refractivity (Wildman–Crippen MR) is 90.6 cm³/mol. The molecule has 0 atom stereocenters. The van der Waals surface area contributed by atoms with Crippen LogP contribution in [-0.4, -0.2) is 12.4 Å². The normalized spacial score (nSPS) is 10.5. The number of hydrogen-bond acceptors (Lipinski definition) is 3. The van der Waals surface area contributed by atoms with Crippen molar-refractivity contribution in [3.05, 3.63) is 58.7 Å². The van der Waals surface area contributed by atoms with Crippen LogP contribution in [0.4, 0.5) is 5.69 Å². The Bertz CT molecular complexity index is 677. The van der Waals surface area contributed by atoms with Crippen molar-refractivity contribution in [2.45, 2.75) is 33.6 Å². The Morgan fingerprint density at radius 2 is 1.86 bits per heavy atom. The number of benzene rings is 2. The largest absolute Gasteiger partial charge is 0.483 e. The predicted octanol–water partition coefficient (Wildman–Crippen LogP) is 3.96. The SMILES string of the molecule is CCc1ccc(CC)c(C(=O)COc2ccc(C)cc2N)c1. The zero-order valence-electron chi connectivity index (χ0n) is 13.5. The second kappa shape index (κ2) is 7.12. The molecule has 3 nitrogen and oxygen atoms in total. The van der Waals surface area contributed by atoms with Gasteiger partial charge in [0.15, 0.2) is 12.4 Å². The first-order valence-electron chi connectivity index (χ1n) is 7.69. The number of ketones is 1. The Kier molecular flexibility index (Phi) is 5.21. The lowest BCUT2D eigenvalue weighted by Gasteiger charge is -2.12. The molecule has 3 heteroatoms. The molecule has 0 unspecified atom stereocenters. The average molecular weight is 297 g/mol. The van der Waals surface area contributed by atoms with Gasteiger partial charge in [0.2, 0.25) is 0 Å². The topological polar surface area (TPSA) is 52.3 Å². The number of carbonyl (C=O) groups excluding carboxylic acids is 1. The van der Waals surface area contributed by atoms with Crippen molar-refractivity contribution in [2.24, 2.45) is 0 Å². The second-order valence-corrected chi connectivity index (χ2v) is 5.45. The lowest BCUT2D eigenvalue weighted by Crippen LogP contribution is -2.14. The summed E-state index contributed by atoms with van der Waals surface area (Å²) in [6.45, 7) is 6.11. The molecule has 0 radical (unpaired) electrons. The van der Waals surface area contributed by atoms with Crippen LogP contribution in [0.1, 0.15) is 40.9 Å². The van der Waals surface area contributed by atoms with Gasteiger partial charge in [0.25, 0.3) is 0 Å². The Balaban J connectivity index is 2.15. The number of ether oxygens (including phenoxy) is 1. The van der Waals surface area contributed by atoms with E-state index in [2.05, 4.69) is 19.9 Å². The van der Waals surface area contributed by atoms with E-state index in [1.807, 2.05) is 31.2 Å². The van der Waals surface area contributed by atoms with Crippen molar-refractivity contribution in [2.75, 3.05) is 12.3 Å². The van der Waals surface area contributed by atoms with Crippen LogP contribution in [0.3, 0.4) is 0 Å².